The maximum Gasteiger partial charge on any atom is 0.0914 e. The van der Waals surface area contributed by atoms with Gasteiger partial charge in [-0.1, -0.05) is 30.3 Å². The van der Waals surface area contributed by atoms with Crippen LogP contribution in [0.5, 0.6) is 0 Å². The highest BCUT2D eigenvalue weighted by atomic mass is 16.3. The first-order chi connectivity index (χ1) is 6.99. The number of hydrogen-bond donors (Lipinski definition) is 3. The van der Waals surface area contributed by atoms with Crippen molar-refractivity contribution >= 4 is 0 Å². The van der Waals surface area contributed by atoms with E-state index in [0.29, 0.717) is 13.1 Å². The Bertz CT molecular complexity index is 279. The van der Waals surface area contributed by atoms with E-state index < -0.39 is 6.10 Å². The van der Waals surface area contributed by atoms with Gasteiger partial charge in [-0.15, -0.1) is 0 Å². The lowest BCUT2D eigenvalue weighted by Crippen LogP contribution is -2.44. The number of nitrogens with two attached hydrogens (primary N) is 1. The first-order valence-corrected chi connectivity index (χ1v) is 5.22. The summed E-state index contributed by atoms with van der Waals surface area (Å²) >= 11 is 0. The summed E-state index contributed by atoms with van der Waals surface area (Å²) in [7, 11) is 0. The van der Waals surface area contributed by atoms with Crippen molar-refractivity contribution in [3.05, 3.63) is 35.9 Å². The molecule has 84 valence electrons. The highest BCUT2D eigenvalue weighted by molar-refractivity contribution is 5.17. The first kappa shape index (κ1) is 12.2. The smallest absolute Gasteiger partial charge is 0.0914 e. The van der Waals surface area contributed by atoms with Crippen LogP contribution in [-0.2, 0) is 0 Å². The Morgan fingerprint density at radius 3 is 2.47 bits per heavy atom. The molecule has 1 rings (SSSR count). The number of hydrogen-bond acceptors (Lipinski definition) is 3. The highest BCUT2D eigenvalue weighted by Gasteiger charge is 2.11. The number of nitrogens with one attached hydrogen (secondary N) is 1. The van der Waals surface area contributed by atoms with E-state index in [1.54, 1.807) is 0 Å². The second-order valence-corrected chi connectivity index (χ2v) is 4.55. The quantitative estimate of drug-likeness (QED) is 0.678. The van der Waals surface area contributed by atoms with E-state index in [1.165, 1.54) is 0 Å². The van der Waals surface area contributed by atoms with E-state index in [2.05, 4.69) is 5.32 Å². The lowest BCUT2D eigenvalue weighted by Gasteiger charge is -2.20. The normalized spacial score (nSPS) is 13.9. The SMILES string of the molecule is CC(C)(N)CNCC(O)c1ccccc1. The molecular weight excluding hydrogens is 188 g/mol. The van der Waals surface area contributed by atoms with Gasteiger partial charge in [-0.3, -0.25) is 0 Å². The van der Waals surface area contributed by atoms with E-state index in [4.69, 9.17) is 5.73 Å². The Hall–Kier alpha value is -0.900. The summed E-state index contributed by atoms with van der Waals surface area (Å²) < 4.78 is 0. The molecule has 0 aliphatic carbocycles. The van der Waals surface area contributed by atoms with Gasteiger partial charge < -0.3 is 16.2 Å². The van der Waals surface area contributed by atoms with Crippen LogP contribution >= 0.6 is 0 Å². The topological polar surface area (TPSA) is 58.3 Å². The first-order valence-electron chi connectivity index (χ1n) is 5.22. The molecule has 3 heteroatoms. The molecule has 0 bridgehead atoms. The van der Waals surface area contributed by atoms with E-state index in [-0.39, 0.29) is 5.54 Å². The minimum absolute atomic E-state index is 0.240. The van der Waals surface area contributed by atoms with Crippen molar-refractivity contribution in [3.8, 4) is 0 Å². The summed E-state index contributed by atoms with van der Waals surface area (Å²) in [5.41, 5.74) is 6.51. The summed E-state index contributed by atoms with van der Waals surface area (Å²) in [6, 6.07) is 9.61. The zero-order valence-corrected chi connectivity index (χ0v) is 9.40. The van der Waals surface area contributed by atoms with Gasteiger partial charge in [0.15, 0.2) is 0 Å². The standard InChI is InChI=1S/C12H20N2O/c1-12(2,13)9-14-8-11(15)10-6-4-3-5-7-10/h3-7,11,14-15H,8-9,13H2,1-2H3. The van der Waals surface area contributed by atoms with Crippen LogP contribution in [0.2, 0.25) is 0 Å². The van der Waals surface area contributed by atoms with Crippen molar-refractivity contribution < 1.29 is 5.11 Å². The van der Waals surface area contributed by atoms with Crippen LogP contribution in [0.1, 0.15) is 25.5 Å². The van der Waals surface area contributed by atoms with Crippen molar-refractivity contribution in [1.29, 1.82) is 0 Å². The summed E-state index contributed by atoms with van der Waals surface area (Å²) in [6.07, 6.45) is -0.464. The molecule has 4 N–H and O–H groups in total. The van der Waals surface area contributed by atoms with Gasteiger partial charge in [0.05, 0.1) is 6.10 Å². The van der Waals surface area contributed by atoms with Crippen LogP contribution in [0.25, 0.3) is 0 Å². The second-order valence-electron chi connectivity index (χ2n) is 4.55. The molecule has 0 aliphatic heterocycles. The lowest BCUT2D eigenvalue weighted by atomic mass is 10.1. The largest absolute Gasteiger partial charge is 0.387 e. The van der Waals surface area contributed by atoms with Crippen LogP contribution in [-0.4, -0.2) is 23.7 Å². The summed E-state index contributed by atoms with van der Waals surface area (Å²) in [4.78, 5) is 0. The van der Waals surface area contributed by atoms with Gasteiger partial charge in [0, 0.05) is 18.6 Å². The van der Waals surface area contributed by atoms with Gasteiger partial charge in [-0.25, -0.2) is 0 Å². The van der Waals surface area contributed by atoms with Gasteiger partial charge in [0.1, 0.15) is 0 Å². The minimum Gasteiger partial charge on any atom is -0.387 e. The Balaban J connectivity index is 2.34. The fourth-order valence-corrected chi connectivity index (χ4v) is 1.32. The van der Waals surface area contributed by atoms with Crippen LogP contribution in [0.15, 0.2) is 30.3 Å². The zero-order chi connectivity index (χ0) is 11.3. The minimum atomic E-state index is -0.464. The Morgan fingerprint density at radius 1 is 1.33 bits per heavy atom. The molecule has 0 aromatic heterocycles. The molecule has 1 aromatic carbocycles. The molecule has 0 aliphatic rings. The molecule has 0 spiro atoms. The third-order valence-electron chi connectivity index (χ3n) is 2.10. The van der Waals surface area contributed by atoms with Crippen molar-refractivity contribution in [3.63, 3.8) is 0 Å². The van der Waals surface area contributed by atoms with Gasteiger partial charge in [-0.2, -0.15) is 0 Å². The third kappa shape index (κ3) is 4.93. The van der Waals surface area contributed by atoms with E-state index >= 15 is 0 Å². The van der Waals surface area contributed by atoms with Gasteiger partial charge in [-0.05, 0) is 19.4 Å². The molecule has 1 atom stereocenters. The summed E-state index contributed by atoms with van der Waals surface area (Å²) in [6.45, 7) is 5.13. The molecule has 0 amide bonds. The van der Waals surface area contributed by atoms with E-state index in [0.717, 1.165) is 5.56 Å². The Kier molecular flexibility index (Phi) is 4.27. The second kappa shape index (κ2) is 5.26. The summed E-state index contributed by atoms with van der Waals surface area (Å²) in [5.74, 6) is 0. The molecule has 1 unspecified atom stereocenters. The molecule has 0 radical (unpaired) electrons. The fourth-order valence-electron chi connectivity index (χ4n) is 1.32. The maximum absolute atomic E-state index is 9.81. The van der Waals surface area contributed by atoms with Crippen molar-refractivity contribution in [2.24, 2.45) is 5.73 Å². The molecular formula is C12H20N2O. The van der Waals surface area contributed by atoms with Gasteiger partial charge in [0.25, 0.3) is 0 Å². The monoisotopic (exact) mass is 208 g/mol. The van der Waals surface area contributed by atoms with Crippen LogP contribution in [0, 0.1) is 0 Å². The Labute approximate surface area is 91.3 Å². The number of aliphatic hydroxyl groups excluding tert-OH is 1. The molecule has 15 heavy (non-hydrogen) atoms. The average Bonchev–Trinajstić information content (AvgIpc) is 2.17. The van der Waals surface area contributed by atoms with E-state index in [9.17, 15) is 5.11 Å². The van der Waals surface area contributed by atoms with E-state index in [1.807, 2.05) is 44.2 Å². The fraction of sp³-hybridized carbons (Fsp3) is 0.500. The van der Waals surface area contributed by atoms with Crippen molar-refractivity contribution in [1.82, 2.24) is 5.32 Å². The zero-order valence-electron chi connectivity index (χ0n) is 9.40. The number of aliphatic hydroxyl groups is 1. The predicted octanol–water partition coefficient (Wildman–Crippen LogP) is 1.05. The molecule has 0 heterocycles. The molecule has 1 aromatic rings. The Morgan fingerprint density at radius 2 is 1.93 bits per heavy atom. The van der Waals surface area contributed by atoms with Crippen LogP contribution < -0.4 is 11.1 Å². The molecule has 0 fully saturated rings. The van der Waals surface area contributed by atoms with Gasteiger partial charge >= 0.3 is 0 Å². The molecule has 0 saturated heterocycles. The molecule has 3 nitrogen and oxygen atoms in total. The average molecular weight is 208 g/mol. The van der Waals surface area contributed by atoms with Crippen molar-refractivity contribution in [2.75, 3.05) is 13.1 Å². The number of benzene rings is 1. The maximum atomic E-state index is 9.81. The van der Waals surface area contributed by atoms with Crippen LogP contribution in [0.3, 0.4) is 0 Å². The van der Waals surface area contributed by atoms with Crippen molar-refractivity contribution in [2.45, 2.75) is 25.5 Å². The molecule has 0 saturated carbocycles. The van der Waals surface area contributed by atoms with Crippen LogP contribution in [0.4, 0.5) is 0 Å². The number of rotatable bonds is 5. The third-order valence-corrected chi connectivity index (χ3v) is 2.10. The highest BCUT2D eigenvalue weighted by Crippen LogP contribution is 2.10. The lowest BCUT2D eigenvalue weighted by molar-refractivity contribution is 0.172. The summed E-state index contributed by atoms with van der Waals surface area (Å²) in [5, 5.41) is 13.0. The predicted molar refractivity (Wildman–Crippen MR) is 62.5 cm³/mol. The van der Waals surface area contributed by atoms with Gasteiger partial charge in [0.2, 0.25) is 0 Å².